The molecule has 0 saturated carbocycles. The summed E-state index contributed by atoms with van der Waals surface area (Å²) in [4.78, 5) is 0. The average Bonchev–Trinajstić information content (AvgIpc) is 0. The Balaban J connectivity index is 0. The molecule has 0 aliphatic rings. The molecule has 6 nitrogen and oxygen atoms in total. The first kappa shape index (κ1) is 962. The van der Waals surface area contributed by atoms with Gasteiger partial charge in [0.2, 0.25) is 0 Å². The van der Waals surface area contributed by atoms with Crippen LogP contribution in [0.2, 0.25) is 0 Å². The van der Waals surface area contributed by atoms with Crippen LogP contribution in [-0.2, 0) is 40.2 Å². The molecule has 0 aliphatic carbocycles. The maximum atomic E-state index is 0. The van der Waals surface area contributed by atoms with Crippen LogP contribution in [0.1, 0.15) is 0 Å². The molecule has 2 atom stereocenters. The molecule has 0 aliphatic heterocycles. The molecule has 14 heavy (non-hydrogen) atoms. The molecule has 0 aromatic heterocycles. The molecule has 114 valence electrons. The standard InChI is InChI=1S/4CH3.2Ir.6H2N.2H3P/h4*1H3;;;6*1H2;2*1H3/q4*-1;;;6*-1;;. The van der Waals surface area contributed by atoms with E-state index in [2.05, 4.69) is 0 Å². The number of rotatable bonds is 0. The topological polar surface area (TPSA) is 201 Å². The molecule has 0 rings (SSSR count). The Morgan fingerprint density at radius 3 is 0.286 bits per heavy atom. The van der Waals surface area contributed by atoms with Crippen LogP contribution in [0.3, 0.4) is 0 Å². The third-order valence-electron chi connectivity index (χ3n) is 0. The molecule has 0 amide bonds. The Morgan fingerprint density at radius 2 is 0.286 bits per heavy atom. The van der Waals surface area contributed by atoms with Crippen LogP contribution in [0.4, 0.5) is 0 Å². The largest absolute Gasteiger partial charge is 0.693 e. The number of hydrogen-bond donors (Lipinski definition) is 0. The zero-order valence-electron chi connectivity index (χ0n) is 9.54. The maximum absolute atomic E-state index is 0. The van der Waals surface area contributed by atoms with Gasteiger partial charge in [-0.15, -0.1) is 0 Å². The van der Waals surface area contributed by atoms with E-state index in [0.717, 1.165) is 0 Å². The van der Waals surface area contributed by atoms with Crippen LogP contribution in [0.15, 0.2) is 0 Å². The first-order valence-corrected chi connectivity index (χ1v) is 0. The molecule has 0 saturated heterocycles. The van der Waals surface area contributed by atoms with E-state index in [-0.39, 0.29) is 127 Å². The van der Waals surface area contributed by atoms with Gasteiger partial charge in [-0.25, -0.2) is 0 Å². The average molecular weight is 609 g/mol. The van der Waals surface area contributed by atoms with Gasteiger partial charge in [0.1, 0.15) is 0 Å². The minimum atomic E-state index is 0. The van der Waals surface area contributed by atoms with Crippen molar-refractivity contribution in [2.75, 3.05) is 0 Å². The van der Waals surface area contributed by atoms with Crippen LogP contribution in [-0.4, -0.2) is 0 Å². The summed E-state index contributed by atoms with van der Waals surface area (Å²) >= 11 is 0. The molecule has 0 bridgehead atoms. The summed E-state index contributed by atoms with van der Waals surface area (Å²) in [7, 11) is 0. The minimum Gasteiger partial charge on any atom is -0.693 e. The molecule has 0 heterocycles. The van der Waals surface area contributed by atoms with Crippen molar-refractivity contribution >= 4 is 19.8 Å². The molecule has 12 N–H and O–H groups in total. The zero-order chi connectivity index (χ0) is 0. The van der Waals surface area contributed by atoms with Crippen molar-refractivity contribution in [3.05, 3.63) is 66.6 Å². The molecular weight excluding hydrogens is 578 g/mol. The van der Waals surface area contributed by atoms with E-state index in [1.54, 1.807) is 0 Å². The maximum Gasteiger partial charge on any atom is 0 e. The van der Waals surface area contributed by atoms with Crippen LogP contribution < -0.4 is 0 Å². The summed E-state index contributed by atoms with van der Waals surface area (Å²) in [5, 5.41) is 0. The van der Waals surface area contributed by atoms with E-state index in [1.807, 2.05) is 0 Å². The van der Waals surface area contributed by atoms with Gasteiger partial charge < -0.3 is 66.6 Å². The van der Waals surface area contributed by atoms with Gasteiger partial charge in [0.05, 0.1) is 0 Å². The normalized spacial score (nSPS) is 0. The SMILES string of the molecule is P.P.[CH3-].[CH3-].[CH3-].[CH3-].[Ir].[Ir].[NH2-].[NH2-].[NH2-].[NH2-].[NH2-].[NH2-]. The molecule has 0 spiro atoms. The number of nitrogens with two attached hydrogens (primary N) is 6. The van der Waals surface area contributed by atoms with Gasteiger partial charge in [-0.3, -0.25) is 0 Å². The van der Waals surface area contributed by atoms with Crippen molar-refractivity contribution in [1.29, 1.82) is 0 Å². The van der Waals surface area contributed by atoms with E-state index in [4.69, 9.17) is 0 Å². The Kier molecular flexibility index (Phi) is 54000. The fraction of sp³-hybridized carbons (Fsp3) is 0. The Morgan fingerprint density at radius 1 is 0.286 bits per heavy atom. The van der Waals surface area contributed by atoms with E-state index in [9.17, 15) is 0 Å². The molecule has 0 fully saturated rings. The summed E-state index contributed by atoms with van der Waals surface area (Å²) in [6.45, 7) is 0. The van der Waals surface area contributed by atoms with E-state index in [0.29, 0.717) is 0 Å². The Labute approximate surface area is 126 Å². The van der Waals surface area contributed by atoms with Crippen molar-refractivity contribution < 1.29 is 40.2 Å². The third-order valence-corrected chi connectivity index (χ3v) is 0. The first-order valence-electron chi connectivity index (χ1n) is 0. The molecule has 10 heteroatoms. The molecule has 0 aromatic carbocycles. The van der Waals surface area contributed by atoms with Crippen molar-refractivity contribution in [3.8, 4) is 0 Å². The van der Waals surface area contributed by atoms with Gasteiger partial charge in [-0.2, -0.15) is 19.8 Å². The van der Waals surface area contributed by atoms with Crippen molar-refractivity contribution in [2.45, 2.75) is 0 Å². The van der Waals surface area contributed by atoms with Crippen molar-refractivity contribution in [1.82, 2.24) is 0 Å². The quantitative estimate of drug-likeness (QED) is 0.222. The van der Waals surface area contributed by atoms with E-state index in [1.165, 1.54) is 0 Å². The second kappa shape index (κ2) is 785. The molecule has 2 radical (unpaired) electrons. The summed E-state index contributed by atoms with van der Waals surface area (Å²) in [5.74, 6) is 0. The van der Waals surface area contributed by atoms with Gasteiger partial charge >= 0.3 is 0 Å². The predicted octanol–water partition coefficient (Wildman–Crippen LogP) is 6.21. The van der Waals surface area contributed by atoms with Gasteiger partial charge in [0.15, 0.2) is 0 Å². The molecule has 0 aromatic rings. The Bertz CT molecular complexity index is 25.8. The van der Waals surface area contributed by atoms with Crippen LogP contribution in [0.5, 0.6) is 0 Å². The summed E-state index contributed by atoms with van der Waals surface area (Å²) in [6, 6.07) is 0. The van der Waals surface area contributed by atoms with Gasteiger partial charge in [0.25, 0.3) is 0 Å². The molecule has 2 unspecified atom stereocenters. The van der Waals surface area contributed by atoms with E-state index >= 15 is 0 Å². The van der Waals surface area contributed by atoms with Crippen LogP contribution in [0.25, 0.3) is 36.9 Å². The monoisotopic (exact) mass is 610 g/mol. The first-order chi connectivity index (χ1) is 0. The van der Waals surface area contributed by atoms with E-state index < -0.39 is 0 Å². The zero-order valence-corrected chi connectivity index (χ0v) is 17.2. The Hall–Kier alpha value is 1.92. The van der Waals surface area contributed by atoms with Crippen LogP contribution in [0, 0.1) is 29.7 Å². The summed E-state index contributed by atoms with van der Waals surface area (Å²) in [6.07, 6.45) is 0. The van der Waals surface area contributed by atoms with Crippen molar-refractivity contribution in [3.63, 3.8) is 0 Å². The minimum absolute atomic E-state index is 0. The second-order valence-corrected chi connectivity index (χ2v) is 0. The number of hydrogen-bond acceptors (Lipinski definition) is 0. The fourth-order valence-corrected chi connectivity index (χ4v) is 0. The third kappa shape index (κ3) is 631. The van der Waals surface area contributed by atoms with Crippen LogP contribution >= 0.6 is 19.8 Å². The predicted molar refractivity (Wildman–Crippen MR) is 79.6 cm³/mol. The summed E-state index contributed by atoms with van der Waals surface area (Å²) in [5.41, 5.74) is 0. The fourth-order valence-electron chi connectivity index (χ4n) is 0. The van der Waals surface area contributed by atoms with Gasteiger partial charge in [-0.1, -0.05) is 0 Å². The second-order valence-electron chi connectivity index (χ2n) is 0. The smallest absolute Gasteiger partial charge is 0 e. The molecular formula is C4H30Ir2N6P2-10. The van der Waals surface area contributed by atoms with Gasteiger partial charge in [0, 0.05) is 40.2 Å². The summed E-state index contributed by atoms with van der Waals surface area (Å²) < 4.78 is 0. The van der Waals surface area contributed by atoms with Gasteiger partial charge in [-0.05, 0) is 0 Å². The van der Waals surface area contributed by atoms with Crippen molar-refractivity contribution in [2.24, 2.45) is 0 Å².